The van der Waals surface area contributed by atoms with Gasteiger partial charge in [0.05, 0.1) is 34.2 Å². The van der Waals surface area contributed by atoms with E-state index in [9.17, 15) is 4.39 Å². The highest BCUT2D eigenvalue weighted by Crippen LogP contribution is 2.26. The third-order valence-electron chi connectivity index (χ3n) is 3.38. The molecule has 1 aromatic heterocycles. The number of hydrogen-bond donors (Lipinski definition) is 0. The predicted octanol–water partition coefficient (Wildman–Crippen LogP) is 4.08. The zero-order valence-electron chi connectivity index (χ0n) is 11.3. The summed E-state index contributed by atoms with van der Waals surface area (Å²) in [5.74, 6) is 0.497. The third-order valence-corrected chi connectivity index (χ3v) is 3.62. The van der Waals surface area contributed by atoms with Crippen LogP contribution in [-0.4, -0.2) is 9.55 Å². The molecule has 0 aliphatic rings. The summed E-state index contributed by atoms with van der Waals surface area (Å²) in [6, 6.07) is 11.9. The lowest BCUT2D eigenvalue weighted by atomic mass is 10.1. The topological polar surface area (TPSA) is 41.6 Å². The molecule has 0 spiro atoms. The predicted molar refractivity (Wildman–Crippen MR) is 80.0 cm³/mol. The fraction of sp³-hybridized carbons (Fsp3) is 0.125. The van der Waals surface area contributed by atoms with Crippen LogP contribution in [0.25, 0.3) is 16.7 Å². The molecule has 0 fully saturated rings. The Kier molecular flexibility index (Phi) is 3.36. The van der Waals surface area contributed by atoms with E-state index in [1.807, 2.05) is 11.5 Å². The lowest BCUT2D eigenvalue weighted by Gasteiger charge is -2.11. The van der Waals surface area contributed by atoms with Crippen molar-refractivity contribution in [2.75, 3.05) is 0 Å². The van der Waals surface area contributed by atoms with E-state index >= 15 is 0 Å². The first-order valence-corrected chi connectivity index (χ1v) is 6.91. The molecule has 0 unspecified atom stereocenters. The van der Waals surface area contributed by atoms with Crippen LogP contribution in [0, 0.1) is 24.1 Å². The van der Waals surface area contributed by atoms with Crippen LogP contribution in [0.4, 0.5) is 4.39 Å². The minimum atomic E-state index is -0.325. The fourth-order valence-electron chi connectivity index (χ4n) is 2.38. The van der Waals surface area contributed by atoms with E-state index in [0.717, 1.165) is 16.6 Å². The molecule has 1 heterocycles. The number of hydrogen-bond acceptors (Lipinski definition) is 2. The van der Waals surface area contributed by atoms with Crippen molar-refractivity contribution in [3.63, 3.8) is 0 Å². The van der Waals surface area contributed by atoms with E-state index in [-0.39, 0.29) is 11.7 Å². The van der Waals surface area contributed by atoms with Gasteiger partial charge < -0.3 is 0 Å². The van der Waals surface area contributed by atoms with Crippen LogP contribution in [0.2, 0.25) is 0 Å². The second-order valence-corrected chi connectivity index (χ2v) is 5.01. The van der Waals surface area contributed by atoms with Crippen LogP contribution in [0.3, 0.4) is 0 Å². The first-order valence-electron chi connectivity index (χ1n) is 6.38. The van der Waals surface area contributed by atoms with Crippen LogP contribution in [0.1, 0.15) is 17.0 Å². The van der Waals surface area contributed by atoms with Crippen molar-refractivity contribution in [3.05, 3.63) is 59.2 Å². The normalized spacial score (nSPS) is 10.8. The maximum Gasteiger partial charge on any atom is 0.129 e. The molecule has 0 bridgehead atoms. The van der Waals surface area contributed by atoms with E-state index in [1.54, 1.807) is 24.3 Å². The molecule has 104 valence electrons. The molecule has 0 amide bonds. The Morgan fingerprint density at radius 2 is 2.10 bits per heavy atom. The number of aromatic nitrogens is 2. The number of benzene rings is 2. The summed E-state index contributed by atoms with van der Waals surface area (Å²) in [5.41, 5.74) is 3.60. The molecule has 0 aliphatic carbocycles. The second-order valence-electron chi connectivity index (χ2n) is 4.74. The maximum absolute atomic E-state index is 13.6. The molecular weight excluding hydrogens is 289 g/mol. The van der Waals surface area contributed by atoms with Gasteiger partial charge in [-0.15, -0.1) is 11.6 Å². The average Bonchev–Trinajstić information content (AvgIpc) is 2.87. The van der Waals surface area contributed by atoms with Gasteiger partial charge in [-0.3, -0.25) is 4.57 Å². The summed E-state index contributed by atoms with van der Waals surface area (Å²) in [7, 11) is 0. The van der Waals surface area contributed by atoms with E-state index in [0.29, 0.717) is 17.1 Å². The smallest absolute Gasteiger partial charge is 0.129 e. The quantitative estimate of drug-likeness (QED) is 0.669. The molecule has 21 heavy (non-hydrogen) atoms. The van der Waals surface area contributed by atoms with E-state index < -0.39 is 0 Å². The Morgan fingerprint density at radius 3 is 2.81 bits per heavy atom. The van der Waals surface area contributed by atoms with Crippen LogP contribution in [0.15, 0.2) is 36.4 Å². The molecule has 3 aromatic rings. The number of fused-ring (bicyclic) bond motifs is 1. The molecule has 0 radical (unpaired) electrons. The van der Waals surface area contributed by atoms with Gasteiger partial charge >= 0.3 is 0 Å². The molecule has 3 nitrogen and oxygen atoms in total. The summed E-state index contributed by atoms with van der Waals surface area (Å²) in [5, 5.41) is 9.06. The summed E-state index contributed by atoms with van der Waals surface area (Å²) >= 11 is 5.98. The summed E-state index contributed by atoms with van der Waals surface area (Å²) < 4.78 is 15.4. The Morgan fingerprint density at radius 1 is 1.29 bits per heavy atom. The van der Waals surface area contributed by atoms with Crippen molar-refractivity contribution in [3.8, 4) is 11.8 Å². The van der Waals surface area contributed by atoms with Crippen LogP contribution < -0.4 is 0 Å². The van der Waals surface area contributed by atoms with Gasteiger partial charge in [-0.25, -0.2) is 9.37 Å². The minimum Gasteiger partial charge on any atom is -0.295 e. The first kappa shape index (κ1) is 13.6. The molecular formula is C16H11ClFN3. The highest BCUT2D eigenvalue weighted by Gasteiger charge is 2.14. The van der Waals surface area contributed by atoms with E-state index in [2.05, 4.69) is 11.1 Å². The standard InChI is InChI=1S/C16H11ClFN3/c1-10-2-4-12(18)7-14(10)21-15-6-11(9-19)3-5-13(15)20-16(21)8-17/h2-7H,8H2,1H3. The zero-order valence-corrected chi connectivity index (χ0v) is 12.0. The van der Waals surface area contributed by atoms with Crippen LogP contribution in [-0.2, 0) is 5.88 Å². The largest absolute Gasteiger partial charge is 0.295 e. The Labute approximate surface area is 126 Å². The van der Waals surface area contributed by atoms with Gasteiger partial charge in [0, 0.05) is 0 Å². The van der Waals surface area contributed by atoms with E-state index in [1.165, 1.54) is 12.1 Å². The summed E-state index contributed by atoms with van der Waals surface area (Å²) in [4.78, 5) is 4.45. The first-order chi connectivity index (χ1) is 10.1. The Bertz CT molecular complexity index is 877. The maximum atomic E-state index is 13.6. The lowest BCUT2D eigenvalue weighted by Crippen LogP contribution is -2.02. The number of rotatable bonds is 2. The SMILES string of the molecule is Cc1ccc(F)cc1-n1c(CCl)nc2ccc(C#N)cc21. The van der Waals surface area contributed by atoms with Gasteiger partial charge in [0.25, 0.3) is 0 Å². The van der Waals surface area contributed by atoms with Gasteiger partial charge in [-0.05, 0) is 42.8 Å². The van der Waals surface area contributed by atoms with Gasteiger partial charge in [0.2, 0.25) is 0 Å². The Hall–Kier alpha value is -2.38. The lowest BCUT2D eigenvalue weighted by molar-refractivity contribution is 0.626. The number of halogens is 2. The summed E-state index contributed by atoms with van der Waals surface area (Å²) in [6.45, 7) is 1.90. The molecule has 0 aliphatic heterocycles. The molecule has 3 rings (SSSR count). The van der Waals surface area contributed by atoms with Crippen LogP contribution >= 0.6 is 11.6 Å². The number of nitrogens with zero attached hydrogens (tertiary/aromatic N) is 3. The minimum absolute atomic E-state index is 0.201. The van der Waals surface area contributed by atoms with Crippen molar-refractivity contribution < 1.29 is 4.39 Å². The van der Waals surface area contributed by atoms with Gasteiger partial charge in [0.1, 0.15) is 11.6 Å². The monoisotopic (exact) mass is 299 g/mol. The van der Waals surface area contributed by atoms with E-state index in [4.69, 9.17) is 16.9 Å². The highest BCUT2D eigenvalue weighted by atomic mass is 35.5. The van der Waals surface area contributed by atoms with Gasteiger partial charge in [-0.1, -0.05) is 6.07 Å². The van der Waals surface area contributed by atoms with Crippen LogP contribution in [0.5, 0.6) is 0 Å². The van der Waals surface area contributed by atoms with Crippen molar-refractivity contribution in [1.82, 2.24) is 9.55 Å². The molecule has 0 atom stereocenters. The number of aryl methyl sites for hydroxylation is 1. The highest BCUT2D eigenvalue weighted by molar-refractivity contribution is 6.17. The molecule has 0 N–H and O–H groups in total. The van der Waals surface area contributed by atoms with Gasteiger partial charge in [0.15, 0.2) is 0 Å². The fourth-order valence-corrected chi connectivity index (χ4v) is 2.56. The van der Waals surface area contributed by atoms with Crippen molar-refractivity contribution in [2.24, 2.45) is 0 Å². The molecule has 2 aromatic carbocycles. The second kappa shape index (κ2) is 5.19. The molecule has 0 saturated carbocycles. The number of imidazole rings is 1. The van der Waals surface area contributed by atoms with Gasteiger partial charge in [-0.2, -0.15) is 5.26 Å². The van der Waals surface area contributed by atoms with Crippen molar-refractivity contribution in [1.29, 1.82) is 5.26 Å². The molecule has 0 saturated heterocycles. The van der Waals surface area contributed by atoms with Crippen molar-refractivity contribution >= 4 is 22.6 Å². The third kappa shape index (κ3) is 2.26. The zero-order chi connectivity index (χ0) is 15.0. The average molecular weight is 300 g/mol. The summed E-state index contributed by atoms with van der Waals surface area (Å²) in [6.07, 6.45) is 0. The number of nitriles is 1. The van der Waals surface area contributed by atoms with Crippen molar-refractivity contribution in [2.45, 2.75) is 12.8 Å². The molecule has 5 heteroatoms. The number of alkyl halides is 1. The Balaban J connectivity index is 2.39.